The van der Waals surface area contributed by atoms with Crippen LogP contribution in [0, 0.1) is 0 Å². The van der Waals surface area contributed by atoms with Gasteiger partial charge in [0.2, 0.25) is 0 Å². The lowest BCUT2D eigenvalue weighted by molar-refractivity contribution is -0.0220. The quantitative estimate of drug-likeness (QED) is 0.763. The summed E-state index contributed by atoms with van der Waals surface area (Å²) in [5, 5.41) is 23.7. The Morgan fingerprint density at radius 2 is 1.79 bits per heavy atom. The summed E-state index contributed by atoms with van der Waals surface area (Å²) in [7, 11) is 4.05. The number of aromatic hydroxyl groups is 1. The van der Waals surface area contributed by atoms with Crippen LogP contribution in [0.3, 0.4) is 0 Å². The lowest BCUT2D eigenvalue weighted by atomic mass is 9.76. The summed E-state index contributed by atoms with van der Waals surface area (Å²) in [6.45, 7) is 2.53. The Bertz CT molecular complexity index is 397. The van der Waals surface area contributed by atoms with Crippen LogP contribution < -0.4 is 5.32 Å². The first kappa shape index (κ1) is 14.3. The highest BCUT2D eigenvalue weighted by Crippen LogP contribution is 2.36. The molecule has 1 saturated heterocycles. The molecule has 1 aromatic rings. The second kappa shape index (κ2) is 5.90. The van der Waals surface area contributed by atoms with Gasteiger partial charge in [-0.05, 0) is 57.7 Å². The van der Waals surface area contributed by atoms with Gasteiger partial charge in [0.1, 0.15) is 5.75 Å². The second-order valence-electron chi connectivity index (χ2n) is 5.76. The van der Waals surface area contributed by atoms with Crippen LogP contribution in [0.2, 0.25) is 0 Å². The maximum Gasteiger partial charge on any atom is 0.115 e. The summed E-state index contributed by atoms with van der Waals surface area (Å²) in [4.78, 5) is 2.11. The fourth-order valence-corrected chi connectivity index (χ4v) is 2.87. The Morgan fingerprint density at radius 1 is 1.21 bits per heavy atom. The molecule has 3 N–H and O–H groups in total. The van der Waals surface area contributed by atoms with Gasteiger partial charge in [-0.25, -0.2) is 0 Å². The Hall–Kier alpha value is -1.10. The number of nitrogens with one attached hydrogen (secondary N) is 1. The molecule has 1 aliphatic heterocycles. The SMILES string of the molecule is CN(C)C[C@H](c1ccc(O)cc1)C1(O)CCNCC1. The molecule has 0 unspecified atom stereocenters. The summed E-state index contributed by atoms with van der Waals surface area (Å²) in [6.07, 6.45) is 1.54. The fraction of sp³-hybridized carbons (Fsp3) is 0.600. The molecule has 0 amide bonds. The van der Waals surface area contributed by atoms with E-state index < -0.39 is 5.60 Å². The Morgan fingerprint density at radius 3 is 2.32 bits per heavy atom. The normalized spacial score (nSPS) is 20.4. The van der Waals surface area contributed by atoms with Gasteiger partial charge in [-0.3, -0.25) is 0 Å². The van der Waals surface area contributed by atoms with Crippen molar-refractivity contribution < 1.29 is 10.2 Å². The standard InChI is InChI=1S/C15H24N2O2/c1-17(2)11-14(12-3-5-13(18)6-4-12)15(19)7-9-16-10-8-15/h3-6,14,16,18-19H,7-11H2,1-2H3/t14-/m1/s1. The third-order valence-corrected chi connectivity index (χ3v) is 3.96. The smallest absolute Gasteiger partial charge is 0.115 e. The van der Waals surface area contributed by atoms with Gasteiger partial charge in [-0.15, -0.1) is 0 Å². The number of rotatable bonds is 4. The lowest BCUT2D eigenvalue weighted by Crippen LogP contribution is -2.48. The highest BCUT2D eigenvalue weighted by molar-refractivity contribution is 5.30. The molecule has 19 heavy (non-hydrogen) atoms. The first-order valence-corrected chi connectivity index (χ1v) is 6.88. The highest BCUT2D eigenvalue weighted by atomic mass is 16.3. The fourth-order valence-electron chi connectivity index (χ4n) is 2.87. The molecule has 1 fully saturated rings. The van der Waals surface area contributed by atoms with E-state index in [9.17, 15) is 10.2 Å². The summed E-state index contributed by atoms with van der Waals surface area (Å²) < 4.78 is 0. The predicted molar refractivity (Wildman–Crippen MR) is 76.5 cm³/mol. The average Bonchev–Trinajstić information content (AvgIpc) is 2.38. The number of aliphatic hydroxyl groups is 1. The Labute approximate surface area is 115 Å². The molecule has 1 aromatic carbocycles. The number of piperidine rings is 1. The van der Waals surface area contributed by atoms with Crippen LogP contribution in [0.5, 0.6) is 5.75 Å². The van der Waals surface area contributed by atoms with E-state index in [0.717, 1.165) is 38.0 Å². The maximum atomic E-state index is 11.0. The highest BCUT2D eigenvalue weighted by Gasteiger charge is 2.38. The van der Waals surface area contributed by atoms with E-state index >= 15 is 0 Å². The van der Waals surface area contributed by atoms with E-state index in [1.807, 2.05) is 26.2 Å². The average molecular weight is 264 g/mol. The summed E-state index contributed by atoms with van der Waals surface area (Å²) in [6, 6.07) is 7.23. The van der Waals surface area contributed by atoms with Gasteiger partial charge in [0, 0.05) is 12.5 Å². The van der Waals surface area contributed by atoms with Gasteiger partial charge < -0.3 is 20.4 Å². The van der Waals surface area contributed by atoms with Crippen molar-refractivity contribution in [2.24, 2.45) is 0 Å². The lowest BCUT2D eigenvalue weighted by Gasteiger charge is -2.41. The maximum absolute atomic E-state index is 11.0. The van der Waals surface area contributed by atoms with Gasteiger partial charge in [0.25, 0.3) is 0 Å². The first-order valence-electron chi connectivity index (χ1n) is 6.88. The monoisotopic (exact) mass is 264 g/mol. The number of phenols is 1. The minimum absolute atomic E-state index is 0.0743. The summed E-state index contributed by atoms with van der Waals surface area (Å²) >= 11 is 0. The molecule has 0 saturated carbocycles. The molecule has 106 valence electrons. The third kappa shape index (κ3) is 3.47. The molecule has 4 nitrogen and oxygen atoms in total. The number of phenolic OH excluding ortho intramolecular Hbond substituents is 1. The van der Waals surface area contributed by atoms with E-state index in [2.05, 4.69) is 10.2 Å². The molecule has 4 heteroatoms. The molecule has 0 aromatic heterocycles. The van der Waals surface area contributed by atoms with Gasteiger partial charge >= 0.3 is 0 Å². The number of nitrogens with zero attached hydrogens (tertiary/aromatic N) is 1. The van der Waals surface area contributed by atoms with Crippen LogP contribution in [0.4, 0.5) is 0 Å². The van der Waals surface area contributed by atoms with Gasteiger partial charge in [-0.1, -0.05) is 12.1 Å². The Kier molecular flexibility index (Phi) is 4.45. The molecule has 1 heterocycles. The molecular weight excluding hydrogens is 240 g/mol. The van der Waals surface area contributed by atoms with Crippen LogP contribution in [-0.4, -0.2) is 54.4 Å². The minimum Gasteiger partial charge on any atom is -0.508 e. The zero-order chi connectivity index (χ0) is 13.9. The topological polar surface area (TPSA) is 55.7 Å². The summed E-state index contributed by atoms with van der Waals surface area (Å²) in [5.41, 5.74) is 0.433. The van der Waals surface area contributed by atoms with E-state index in [-0.39, 0.29) is 11.7 Å². The molecule has 1 atom stereocenters. The Balaban J connectivity index is 2.26. The molecule has 0 aliphatic carbocycles. The number of likely N-dealkylation sites (N-methyl/N-ethyl adjacent to an activating group) is 1. The van der Waals surface area contributed by atoms with Crippen molar-refractivity contribution in [3.63, 3.8) is 0 Å². The number of hydrogen-bond acceptors (Lipinski definition) is 4. The number of hydrogen-bond donors (Lipinski definition) is 3. The minimum atomic E-state index is -0.660. The van der Waals surface area contributed by atoms with E-state index in [1.54, 1.807) is 12.1 Å². The van der Waals surface area contributed by atoms with Crippen molar-refractivity contribution in [1.29, 1.82) is 0 Å². The van der Waals surface area contributed by atoms with Crippen molar-refractivity contribution in [3.05, 3.63) is 29.8 Å². The van der Waals surface area contributed by atoms with Crippen LogP contribution in [0.1, 0.15) is 24.3 Å². The third-order valence-electron chi connectivity index (χ3n) is 3.96. The molecular formula is C15H24N2O2. The van der Waals surface area contributed by atoms with E-state index in [0.29, 0.717) is 0 Å². The van der Waals surface area contributed by atoms with Gasteiger partial charge in [0.15, 0.2) is 0 Å². The van der Waals surface area contributed by atoms with Crippen LogP contribution in [0.15, 0.2) is 24.3 Å². The molecule has 0 radical (unpaired) electrons. The van der Waals surface area contributed by atoms with Crippen molar-refractivity contribution in [2.75, 3.05) is 33.7 Å². The molecule has 1 aliphatic rings. The number of benzene rings is 1. The van der Waals surface area contributed by atoms with Crippen LogP contribution in [0.25, 0.3) is 0 Å². The van der Waals surface area contributed by atoms with Crippen LogP contribution >= 0.6 is 0 Å². The first-order chi connectivity index (χ1) is 9.01. The van der Waals surface area contributed by atoms with Crippen molar-refractivity contribution in [2.45, 2.75) is 24.4 Å². The van der Waals surface area contributed by atoms with Gasteiger partial charge in [-0.2, -0.15) is 0 Å². The van der Waals surface area contributed by atoms with Crippen molar-refractivity contribution in [1.82, 2.24) is 10.2 Å². The van der Waals surface area contributed by atoms with Crippen molar-refractivity contribution >= 4 is 0 Å². The predicted octanol–water partition coefficient (Wildman–Crippen LogP) is 1.15. The zero-order valence-corrected chi connectivity index (χ0v) is 11.8. The van der Waals surface area contributed by atoms with Gasteiger partial charge in [0.05, 0.1) is 5.60 Å². The summed E-state index contributed by atoms with van der Waals surface area (Å²) in [5.74, 6) is 0.342. The van der Waals surface area contributed by atoms with E-state index in [4.69, 9.17) is 0 Å². The van der Waals surface area contributed by atoms with E-state index in [1.165, 1.54) is 0 Å². The van der Waals surface area contributed by atoms with Crippen LogP contribution in [-0.2, 0) is 0 Å². The second-order valence-corrected chi connectivity index (χ2v) is 5.76. The zero-order valence-electron chi connectivity index (χ0n) is 11.8. The molecule has 0 spiro atoms. The molecule has 2 rings (SSSR count). The van der Waals surface area contributed by atoms with Crippen molar-refractivity contribution in [3.8, 4) is 5.75 Å². The largest absolute Gasteiger partial charge is 0.508 e. The molecule has 0 bridgehead atoms.